The van der Waals surface area contributed by atoms with Gasteiger partial charge in [0.05, 0.1) is 23.8 Å². The third-order valence-corrected chi connectivity index (χ3v) is 4.13. The second-order valence-corrected chi connectivity index (χ2v) is 8.77. The number of aromatic nitrogens is 2. The molecule has 2 atom stereocenters. The number of piperidine rings is 1. The number of aromatic amines is 1. The maximum absolute atomic E-state index is 14.2. The Balaban J connectivity index is 1.98. The van der Waals surface area contributed by atoms with Crippen LogP contribution in [0.4, 0.5) is 9.18 Å². The number of likely N-dealkylation sites (tertiary alicyclic amines) is 1. The molecule has 0 spiro atoms. The van der Waals surface area contributed by atoms with E-state index < -0.39 is 23.9 Å². The number of amides is 1. The van der Waals surface area contributed by atoms with Gasteiger partial charge in [-0.05, 0) is 27.2 Å². The average molecular weight is 354 g/mol. The minimum atomic E-state index is -1.06. The molecular formula is C18H31FN4O2. The summed E-state index contributed by atoms with van der Waals surface area (Å²) in [5, 5.41) is 2.68. The number of alkyl carbamates (subject to hydrolysis) is 1. The van der Waals surface area contributed by atoms with Gasteiger partial charge in [-0.2, -0.15) is 0 Å². The molecule has 7 heteroatoms. The van der Waals surface area contributed by atoms with E-state index >= 15 is 0 Å². The molecule has 1 aromatic heterocycles. The number of hydrogen-bond donors (Lipinski definition) is 2. The summed E-state index contributed by atoms with van der Waals surface area (Å²) < 4.78 is 19.5. The number of H-pyrrole nitrogens is 1. The molecular weight excluding hydrogens is 323 g/mol. The zero-order valence-corrected chi connectivity index (χ0v) is 16.1. The SMILES string of the molecule is CC(C)(C)OC(=O)N[C@@H]1CN(Cc2[nH]cnc2C(C)(C)C)CC[C@H]1F. The minimum Gasteiger partial charge on any atom is -0.444 e. The molecule has 0 aromatic carbocycles. The fourth-order valence-corrected chi connectivity index (χ4v) is 3.04. The smallest absolute Gasteiger partial charge is 0.408 e. The second kappa shape index (κ2) is 7.32. The van der Waals surface area contributed by atoms with Crippen LogP contribution in [0.2, 0.25) is 0 Å². The molecule has 2 N–H and O–H groups in total. The van der Waals surface area contributed by atoms with E-state index in [1.807, 2.05) is 0 Å². The van der Waals surface area contributed by atoms with Crippen LogP contribution in [0.5, 0.6) is 0 Å². The molecule has 1 fully saturated rings. The number of halogens is 1. The fourth-order valence-electron chi connectivity index (χ4n) is 3.04. The highest BCUT2D eigenvalue weighted by atomic mass is 19.1. The van der Waals surface area contributed by atoms with Gasteiger partial charge in [0, 0.05) is 25.0 Å². The van der Waals surface area contributed by atoms with Crippen molar-refractivity contribution >= 4 is 6.09 Å². The highest BCUT2D eigenvalue weighted by molar-refractivity contribution is 5.68. The molecule has 1 aliphatic heterocycles. The second-order valence-electron chi connectivity index (χ2n) is 8.77. The van der Waals surface area contributed by atoms with Crippen LogP contribution in [-0.2, 0) is 16.7 Å². The molecule has 0 aliphatic carbocycles. The first-order chi connectivity index (χ1) is 11.5. The lowest BCUT2D eigenvalue weighted by atomic mass is 9.90. The van der Waals surface area contributed by atoms with Crippen LogP contribution in [0.15, 0.2) is 6.33 Å². The van der Waals surface area contributed by atoms with Crippen LogP contribution in [0.25, 0.3) is 0 Å². The van der Waals surface area contributed by atoms with Crippen molar-refractivity contribution in [1.29, 1.82) is 0 Å². The largest absolute Gasteiger partial charge is 0.444 e. The van der Waals surface area contributed by atoms with E-state index in [1.165, 1.54) is 0 Å². The van der Waals surface area contributed by atoms with Crippen molar-refractivity contribution in [3.8, 4) is 0 Å². The predicted octanol–water partition coefficient (Wildman–Crippen LogP) is 3.14. The zero-order valence-electron chi connectivity index (χ0n) is 16.1. The number of carbonyl (C=O) groups is 1. The third-order valence-electron chi connectivity index (χ3n) is 4.13. The van der Waals surface area contributed by atoms with E-state index in [0.717, 1.165) is 11.4 Å². The topological polar surface area (TPSA) is 70.2 Å². The molecule has 0 saturated carbocycles. The quantitative estimate of drug-likeness (QED) is 0.875. The molecule has 1 aromatic rings. The molecule has 1 amide bonds. The number of hydrogen-bond acceptors (Lipinski definition) is 4. The number of ether oxygens (including phenoxy) is 1. The summed E-state index contributed by atoms with van der Waals surface area (Å²) in [5.74, 6) is 0. The fraction of sp³-hybridized carbons (Fsp3) is 0.778. The first-order valence-electron chi connectivity index (χ1n) is 8.84. The van der Waals surface area contributed by atoms with E-state index in [0.29, 0.717) is 26.1 Å². The molecule has 2 heterocycles. The van der Waals surface area contributed by atoms with Crippen LogP contribution in [0.1, 0.15) is 59.4 Å². The van der Waals surface area contributed by atoms with Gasteiger partial charge in [0.15, 0.2) is 0 Å². The summed E-state index contributed by atoms with van der Waals surface area (Å²) in [7, 11) is 0. The highest BCUT2D eigenvalue weighted by Gasteiger charge is 2.32. The molecule has 0 radical (unpaired) electrons. The number of nitrogens with one attached hydrogen (secondary N) is 2. The van der Waals surface area contributed by atoms with Gasteiger partial charge in [0.25, 0.3) is 0 Å². The van der Waals surface area contributed by atoms with Gasteiger partial charge >= 0.3 is 6.09 Å². The van der Waals surface area contributed by atoms with Crippen molar-refractivity contribution in [2.45, 2.75) is 77.7 Å². The van der Waals surface area contributed by atoms with Gasteiger partial charge in [0.1, 0.15) is 11.8 Å². The molecule has 6 nitrogen and oxygen atoms in total. The van der Waals surface area contributed by atoms with Crippen molar-refractivity contribution in [3.05, 3.63) is 17.7 Å². The molecule has 142 valence electrons. The summed E-state index contributed by atoms with van der Waals surface area (Å²) in [6, 6.07) is -0.565. The Morgan fingerprint density at radius 2 is 2.08 bits per heavy atom. The Morgan fingerprint density at radius 1 is 1.40 bits per heavy atom. The third kappa shape index (κ3) is 5.70. The average Bonchev–Trinajstić information content (AvgIpc) is 2.88. The Kier molecular flexibility index (Phi) is 5.76. The summed E-state index contributed by atoms with van der Waals surface area (Å²) in [4.78, 5) is 21.7. The first kappa shape index (κ1) is 19.7. The molecule has 25 heavy (non-hydrogen) atoms. The summed E-state index contributed by atoms with van der Waals surface area (Å²) in [6.07, 6.45) is 0.458. The van der Waals surface area contributed by atoms with Crippen molar-refractivity contribution in [2.24, 2.45) is 0 Å². The summed E-state index contributed by atoms with van der Waals surface area (Å²) in [5.41, 5.74) is 1.41. The van der Waals surface area contributed by atoms with Crippen LogP contribution in [-0.4, -0.2) is 51.9 Å². The minimum absolute atomic E-state index is 0.0537. The lowest BCUT2D eigenvalue weighted by molar-refractivity contribution is 0.0387. The lowest BCUT2D eigenvalue weighted by Crippen LogP contribution is -2.54. The van der Waals surface area contributed by atoms with E-state index in [1.54, 1.807) is 27.1 Å². The van der Waals surface area contributed by atoms with Crippen LogP contribution in [0, 0.1) is 0 Å². The maximum Gasteiger partial charge on any atom is 0.408 e. The summed E-state index contributed by atoms with van der Waals surface area (Å²) >= 11 is 0. The van der Waals surface area contributed by atoms with Crippen molar-refractivity contribution in [1.82, 2.24) is 20.2 Å². The van der Waals surface area contributed by atoms with Crippen molar-refractivity contribution in [3.63, 3.8) is 0 Å². The lowest BCUT2D eigenvalue weighted by Gasteiger charge is -2.36. The normalized spacial score (nSPS) is 22.7. The number of rotatable bonds is 3. The molecule has 1 aliphatic rings. The number of carbonyl (C=O) groups excluding carboxylic acids is 1. The highest BCUT2D eigenvalue weighted by Crippen LogP contribution is 2.25. The number of nitrogens with zero attached hydrogens (tertiary/aromatic N) is 2. The Labute approximate surface area is 149 Å². The summed E-state index contributed by atoms with van der Waals surface area (Å²) in [6.45, 7) is 13.5. The Bertz CT molecular complexity index is 589. The standard InChI is InChI=1S/C18H31FN4O2/c1-17(2,3)15-14(20-11-21-15)10-23-8-7-12(19)13(9-23)22-16(24)25-18(4,5)6/h11-13H,7-10H2,1-6H3,(H,20,21)(H,22,24)/t12-,13-/m1/s1. The van der Waals surface area contributed by atoms with Gasteiger partial charge < -0.3 is 15.0 Å². The van der Waals surface area contributed by atoms with Crippen LogP contribution in [0.3, 0.4) is 0 Å². The maximum atomic E-state index is 14.2. The molecule has 1 saturated heterocycles. The van der Waals surface area contributed by atoms with Gasteiger partial charge in [-0.3, -0.25) is 4.90 Å². The van der Waals surface area contributed by atoms with Gasteiger partial charge in [-0.1, -0.05) is 20.8 Å². The molecule has 0 unspecified atom stereocenters. The number of alkyl halides is 1. The van der Waals surface area contributed by atoms with Crippen molar-refractivity contribution in [2.75, 3.05) is 13.1 Å². The van der Waals surface area contributed by atoms with E-state index in [2.05, 4.69) is 41.0 Å². The molecule has 0 bridgehead atoms. The van der Waals surface area contributed by atoms with E-state index in [-0.39, 0.29) is 5.41 Å². The van der Waals surface area contributed by atoms with Crippen LogP contribution >= 0.6 is 0 Å². The monoisotopic (exact) mass is 354 g/mol. The van der Waals surface area contributed by atoms with Crippen molar-refractivity contribution < 1.29 is 13.9 Å². The van der Waals surface area contributed by atoms with Crippen LogP contribution < -0.4 is 5.32 Å². The van der Waals surface area contributed by atoms with Gasteiger partial charge in [-0.25, -0.2) is 14.2 Å². The molecule has 2 rings (SSSR count). The Morgan fingerprint density at radius 3 is 2.68 bits per heavy atom. The first-order valence-corrected chi connectivity index (χ1v) is 8.84. The Hall–Kier alpha value is -1.63. The number of imidazole rings is 1. The van der Waals surface area contributed by atoms with Gasteiger partial charge in [0.2, 0.25) is 0 Å². The van der Waals surface area contributed by atoms with E-state index in [9.17, 15) is 9.18 Å². The zero-order chi connectivity index (χ0) is 18.8. The van der Waals surface area contributed by atoms with Gasteiger partial charge in [-0.15, -0.1) is 0 Å². The van der Waals surface area contributed by atoms with E-state index in [4.69, 9.17) is 4.74 Å². The predicted molar refractivity (Wildman–Crippen MR) is 95.2 cm³/mol.